The quantitative estimate of drug-likeness (QED) is 0.761. The molecule has 1 fully saturated rings. The second-order valence-electron chi connectivity index (χ2n) is 5.62. The van der Waals surface area contributed by atoms with Gasteiger partial charge >= 0.3 is 0 Å². The lowest BCUT2D eigenvalue weighted by molar-refractivity contribution is -0.133. The third kappa shape index (κ3) is 2.79. The van der Waals surface area contributed by atoms with Crippen molar-refractivity contribution >= 4 is 11.8 Å². The molecule has 1 atom stereocenters. The van der Waals surface area contributed by atoms with E-state index in [2.05, 4.69) is 24.5 Å². The van der Waals surface area contributed by atoms with Crippen LogP contribution in [0.2, 0.25) is 0 Å². The van der Waals surface area contributed by atoms with Crippen LogP contribution in [-0.4, -0.2) is 24.9 Å². The Labute approximate surface area is 104 Å². The van der Waals surface area contributed by atoms with Gasteiger partial charge in [-0.1, -0.05) is 27.7 Å². The SMILES string of the molecule is CNC(=O)[C@@H](NC(=O)C1(C(C)C)CC1)C(C)C. The predicted molar refractivity (Wildman–Crippen MR) is 67.3 cm³/mol. The summed E-state index contributed by atoms with van der Waals surface area (Å²) < 4.78 is 0. The average molecular weight is 240 g/mol. The maximum absolute atomic E-state index is 12.2. The van der Waals surface area contributed by atoms with Crippen molar-refractivity contribution in [3.05, 3.63) is 0 Å². The van der Waals surface area contributed by atoms with Gasteiger partial charge in [-0.15, -0.1) is 0 Å². The summed E-state index contributed by atoms with van der Waals surface area (Å²) >= 11 is 0. The monoisotopic (exact) mass is 240 g/mol. The normalized spacial score (nSPS) is 19.0. The molecule has 0 aromatic carbocycles. The highest BCUT2D eigenvalue weighted by atomic mass is 16.2. The summed E-state index contributed by atoms with van der Waals surface area (Å²) in [7, 11) is 1.60. The number of hydrogen-bond acceptors (Lipinski definition) is 2. The van der Waals surface area contributed by atoms with Gasteiger partial charge in [-0.05, 0) is 24.7 Å². The van der Waals surface area contributed by atoms with Crippen LogP contribution in [0.5, 0.6) is 0 Å². The number of likely N-dealkylation sites (N-methyl/N-ethyl adjacent to an activating group) is 1. The van der Waals surface area contributed by atoms with Gasteiger partial charge in [0.15, 0.2) is 0 Å². The van der Waals surface area contributed by atoms with Crippen LogP contribution in [0, 0.1) is 17.3 Å². The molecule has 0 aliphatic heterocycles. The average Bonchev–Trinajstić information content (AvgIpc) is 3.05. The number of hydrogen-bond donors (Lipinski definition) is 2. The lowest BCUT2D eigenvalue weighted by atomic mass is 9.90. The smallest absolute Gasteiger partial charge is 0.242 e. The van der Waals surface area contributed by atoms with Gasteiger partial charge in [-0.2, -0.15) is 0 Å². The van der Waals surface area contributed by atoms with Crippen LogP contribution < -0.4 is 10.6 Å². The largest absolute Gasteiger partial charge is 0.357 e. The fraction of sp³-hybridized carbons (Fsp3) is 0.846. The Bertz CT molecular complexity index is 307. The Morgan fingerprint density at radius 1 is 1.12 bits per heavy atom. The van der Waals surface area contributed by atoms with Gasteiger partial charge in [0.05, 0.1) is 5.41 Å². The lowest BCUT2D eigenvalue weighted by Crippen LogP contribution is -2.51. The molecule has 0 spiro atoms. The predicted octanol–water partition coefficient (Wildman–Crippen LogP) is 1.31. The van der Waals surface area contributed by atoms with E-state index in [0.717, 1.165) is 12.8 Å². The van der Waals surface area contributed by atoms with Gasteiger partial charge in [0.2, 0.25) is 11.8 Å². The fourth-order valence-electron chi connectivity index (χ4n) is 2.18. The summed E-state index contributed by atoms with van der Waals surface area (Å²) in [6.07, 6.45) is 1.88. The summed E-state index contributed by atoms with van der Waals surface area (Å²) in [6, 6.07) is -0.427. The maximum Gasteiger partial charge on any atom is 0.242 e. The molecule has 0 aromatic heterocycles. The second kappa shape index (κ2) is 5.07. The van der Waals surface area contributed by atoms with E-state index in [1.165, 1.54) is 0 Å². The van der Waals surface area contributed by atoms with Crippen molar-refractivity contribution in [2.75, 3.05) is 7.05 Å². The highest BCUT2D eigenvalue weighted by Gasteiger charge is 2.52. The standard InChI is InChI=1S/C13H24N2O2/c1-8(2)10(11(16)14-5)15-12(17)13(6-7-13)9(3)4/h8-10H,6-7H2,1-5H3,(H,14,16)(H,15,17)/t10-/m0/s1. The highest BCUT2D eigenvalue weighted by Crippen LogP contribution is 2.52. The van der Waals surface area contributed by atoms with Gasteiger partial charge in [-0.3, -0.25) is 9.59 Å². The molecule has 0 bridgehead atoms. The van der Waals surface area contributed by atoms with Gasteiger partial charge in [0.25, 0.3) is 0 Å². The summed E-state index contributed by atoms with van der Waals surface area (Å²) in [4.78, 5) is 23.9. The first-order chi connectivity index (χ1) is 7.85. The molecule has 17 heavy (non-hydrogen) atoms. The van der Waals surface area contributed by atoms with Gasteiger partial charge < -0.3 is 10.6 Å². The van der Waals surface area contributed by atoms with Crippen LogP contribution in [0.4, 0.5) is 0 Å². The molecule has 1 aliphatic carbocycles. The lowest BCUT2D eigenvalue weighted by Gasteiger charge is -2.25. The Morgan fingerprint density at radius 2 is 1.65 bits per heavy atom. The van der Waals surface area contributed by atoms with E-state index >= 15 is 0 Å². The van der Waals surface area contributed by atoms with Gasteiger partial charge in [-0.25, -0.2) is 0 Å². The van der Waals surface area contributed by atoms with E-state index in [4.69, 9.17) is 0 Å². The van der Waals surface area contributed by atoms with Crippen LogP contribution in [-0.2, 0) is 9.59 Å². The molecule has 0 aromatic rings. The molecular weight excluding hydrogens is 216 g/mol. The minimum atomic E-state index is -0.427. The molecule has 2 N–H and O–H groups in total. The van der Waals surface area contributed by atoms with E-state index in [1.807, 2.05) is 13.8 Å². The molecule has 98 valence electrons. The summed E-state index contributed by atoms with van der Waals surface area (Å²) in [5, 5.41) is 5.50. The molecular formula is C13H24N2O2. The van der Waals surface area contributed by atoms with Crippen molar-refractivity contribution < 1.29 is 9.59 Å². The van der Waals surface area contributed by atoms with Crippen LogP contribution in [0.1, 0.15) is 40.5 Å². The highest BCUT2D eigenvalue weighted by molar-refractivity contribution is 5.91. The maximum atomic E-state index is 12.2. The number of rotatable bonds is 5. The zero-order valence-electron chi connectivity index (χ0n) is 11.5. The third-order valence-electron chi connectivity index (χ3n) is 3.83. The first kappa shape index (κ1) is 14.0. The summed E-state index contributed by atoms with van der Waals surface area (Å²) in [5.74, 6) is 0.351. The van der Waals surface area contributed by atoms with Crippen molar-refractivity contribution in [2.24, 2.45) is 17.3 Å². The summed E-state index contributed by atoms with van der Waals surface area (Å²) in [6.45, 7) is 8.01. The molecule has 0 heterocycles. The van der Waals surface area contributed by atoms with Gasteiger partial charge in [0, 0.05) is 7.05 Å². The van der Waals surface area contributed by atoms with E-state index in [9.17, 15) is 9.59 Å². The molecule has 4 heteroatoms. The molecule has 0 radical (unpaired) electrons. The van der Waals surface area contributed by atoms with Crippen LogP contribution in [0.25, 0.3) is 0 Å². The molecule has 2 amide bonds. The number of carbonyl (C=O) groups excluding carboxylic acids is 2. The molecule has 0 unspecified atom stereocenters. The zero-order chi connectivity index (χ0) is 13.2. The van der Waals surface area contributed by atoms with Crippen molar-refractivity contribution in [1.82, 2.24) is 10.6 Å². The van der Waals surface area contributed by atoms with Crippen LogP contribution >= 0.6 is 0 Å². The fourth-order valence-corrected chi connectivity index (χ4v) is 2.18. The van der Waals surface area contributed by atoms with Crippen molar-refractivity contribution in [3.8, 4) is 0 Å². The first-order valence-corrected chi connectivity index (χ1v) is 6.37. The van der Waals surface area contributed by atoms with Crippen molar-refractivity contribution in [3.63, 3.8) is 0 Å². The number of amides is 2. The Hall–Kier alpha value is -1.06. The van der Waals surface area contributed by atoms with Crippen molar-refractivity contribution in [1.29, 1.82) is 0 Å². The molecule has 1 rings (SSSR count). The number of carbonyl (C=O) groups is 2. The molecule has 0 saturated heterocycles. The van der Waals surface area contributed by atoms with Crippen LogP contribution in [0.3, 0.4) is 0 Å². The second-order valence-corrected chi connectivity index (χ2v) is 5.62. The van der Waals surface area contributed by atoms with Gasteiger partial charge in [0.1, 0.15) is 6.04 Å². The molecule has 1 saturated carbocycles. The van der Waals surface area contributed by atoms with E-state index in [0.29, 0.717) is 5.92 Å². The van der Waals surface area contributed by atoms with Crippen molar-refractivity contribution in [2.45, 2.75) is 46.6 Å². The molecule has 4 nitrogen and oxygen atoms in total. The Kier molecular flexibility index (Phi) is 4.17. The van der Waals surface area contributed by atoms with E-state index in [-0.39, 0.29) is 23.1 Å². The number of nitrogens with one attached hydrogen (secondary N) is 2. The molecule has 1 aliphatic rings. The first-order valence-electron chi connectivity index (χ1n) is 6.37. The zero-order valence-corrected chi connectivity index (χ0v) is 11.5. The van der Waals surface area contributed by atoms with E-state index < -0.39 is 6.04 Å². The Balaban J connectivity index is 2.69. The van der Waals surface area contributed by atoms with Crippen LogP contribution in [0.15, 0.2) is 0 Å². The Morgan fingerprint density at radius 3 is 1.94 bits per heavy atom. The minimum Gasteiger partial charge on any atom is -0.357 e. The topological polar surface area (TPSA) is 58.2 Å². The third-order valence-corrected chi connectivity index (χ3v) is 3.83. The minimum absolute atomic E-state index is 0.0369. The summed E-state index contributed by atoms with van der Waals surface area (Å²) in [5.41, 5.74) is -0.221. The van der Waals surface area contributed by atoms with E-state index in [1.54, 1.807) is 7.05 Å².